The summed E-state index contributed by atoms with van der Waals surface area (Å²) in [5.74, 6) is -4.08. The monoisotopic (exact) mass is 627 g/mol. The maximum atomic E-state index is 13.6. The Hall–Kier alpha value is -4.82. The molecule has 230 valence electrons. The van der Waals surface area contributed by atoms with E-state index in [9.17, 15) is 32.8 Å². The summed E-state index contributed by atoms with van der Waals surface area (Å²) in [7, 11) is 0. The summed E-state index contributed by atoms with van der Waals surface area (Å²) < 4.78 is 32.3. The van der Waals surface area contributed by atoms with Crippen LogP contribution in [-0.4, -0.2) is 76.5 Å². The van der Waals surface area contributed by atoms with Gasteiger partial charge >= 0.3 is 5.97 Å². The molecule has 1 fully saturated rings. The molecule has 11 nitrogen and oxygen atoms in total. The molecule has 3 amide bonds. The van der Waals surface area contributed by atoms with Crippen LogP contribution in [0.3, 0.4) is 0 Å². The molecule has 0 spiro atoms. The first-order valence-corrected chi connectivity index (χ1v) is 14.2. The van der Waals surface area contributed by atoms with E-state index in [1.54, 1.807) is 24.3 Å². The average Bonchev–Trinajstić information content (AvgIpc) is 3.01. The molecule has 2 unspecified atom stereocenters. The van der Waals surface area contributed by atoms with Crippen LogP contribution in [0, 0.1) is 11.6 Å². The first-order chi connectivity index (χ1) is 21.1. The molecule has 0 aliphatic carbocycles. The number of carbonyl (C=O) groups excluding carboxylic acids is 4. The number of rotatable bonds is 14. The lowest BCUT2D eigenvalue weighted by atomic mass is 9.92. The van der Waals surface area contributed by atoms with Crippen molar-refractivity contribution in [3.8, 4) is 5.75 Å². The van der Waals surface area contributed by atoms with Crippen molar-refractivity contribution in [3.63, 3.8) is 0 Å². The Balaban J connectivity index is 1.38. The molecule has 0 radical (unpaired) electrons. The van der Waals surface area contributed by atoms with E-state index in [0.717, 1.165) is 11.8 Å². The average molecular weight is 628 g/mol. The Morgan fingerprint density at radius 1 is 0.909 bits per heavy atom. The number of aliphatic carboxylic acids is 1. The third-order valence-electron chi connectivity index (χ3n) is 6.56. The van der Waals surface area contributed by atoms with Gasteiger partial charge in [-0.05, 0) is 66.2 Å². The van der Waals surface area contributed by atoms with Crippen molar-refractivity contribution in [2.45, 2.75) is 17.3 Å². The Labute approximate surface area is 254 Å². The fourth-order valence-electron chi connectivity index (χ4n) is 4.29. The maximum Gasteiger partial charge on any atom is 0.328 e. The number of ether oxygens (including phenoxy) is 1. The fraction of sp³-hybridized carbons (Fsp3) is 0.233. The smallest absolute Gasteiger partial charge is 0.328 e. The first-order valence-electron chi connectivity index (χ1n) is 13.2. The fourth-order valence-corrected chi connectivity index (χ4v) is 5.51. The van der Waals surface area contributed by atoms with Gasteiger partial charge in [-0.25, -0.2) is 13.6 Å². The lowest BCUT2D eigenvalue weighted by Crippen LogP contribution is -2.57. The quantitative estimate of drug-likeness (QED) is 0.155. The summed E-state index contributed by atoms with van der Waals surface area (Å²) in [5, 5.41) is 21.5. The molecule has 1 saturated heterocycles. The second-order valence-corrected chi connectivity index (χ2v) is 10.7. The molecule has 4 rings (SSSR count). The lowest BCUT2D eigenvalue weighted by molar-refractivity contribution is -0.142. The summed E-state index contributed by atoms with van der Waals surface area (Å²) in [6.45, 7) is -1.79. The third-order valence-corrected chi connectivity index (χ3v) is 7.81. The number of hydrogen-bond acceptors (Lipinski definition) is 8. The molecule has 3 aromatic rings. The van der Waals surface area contributed by atoms with Crippen LogP contribution >= 0.6 is 11.8 Å². The minimum Gasteiger partial charge on any atom is -0.484 e. The standard InChI is InChI=1S/C30H27F2N3O8S/c31-19-5-1-17(2-6-19)24(37)16-44-28-27(35(29(28)40)21-9-7-20(32)8-10-21)18-3-11-22(12-4-18)43-15-26(39)33-13-25(38)34-23(14-36)30(41)42/h1-12,23,27-28,36H,13-16H2,(H,33,39)(H,34,38)(H,41,42)/t23-,27?,28?/m1/s1. The van der Waals surface area contributed by atoms with Crippen molar-refractivity contribution in [2.24, 2.45) is 0 Å². The number of Topliss-reactive ketones (excluding diaryl/α,β-unsaturated/α-hetero) is 1. The van der Waals surface area contributed by atoms with Crippen LogP contribution in [0.2, 0.25) is 0 Å². The zero-order valence-electron chi connectivity index (χ0n) is 22.9. The number of carboxylic acids is 1. The molecular formula is C30H27F2N3O8S. The minimum atomic E-state index is -1.49. The van der Waals surface area contributed by atoms with Gasteiger partial charge in [0.25, 0.3) is 5.91 Å². The lowest BCUT2D eigenvalue weighted by Gasteiger charge is -2.47. The molecule has 0 bridgehead atoms. The molecule has 1 aliphatic rings. The van der Waals surface area contributed by atoms with Crippen LogP contribution in [0.5, 0.6) is 5.75 Å². The van der Waals surface area contributed by atoms with Crippen molar-refractivity contribution < 1.29 is 47.7 Å². The highest BCUT2D eigenvalue weighted by atomic mass is 32.2. The molecule has 0 saturated carbocycles. The zero-order chi connectivity index (χ0) is 31.8. The highest BCUT2D eigenvalue weighted by molar-refractivity contribution is 8.01. The Morgan fingerprint density at radius 3 is 2.11 bits per heavy atom. The molecule has 44 heavy (non-hydrogen) atoms. The van der Waals surface area contributed by atoms with E-state index in [-0.39, 0.29) is 17.4 Å². The van der Waals surface area contributed by atoms with E-state index in [2.05, 4.69) is 5.32 Å². The Bertz CT molecular complexity index is 1520. The summed E-state index contributed by atoms with van der Waals surface area (Å²) >= 11 is 1.14. The number of nitrogens with zero attached hydrogens (tertiary/aromatic N) is 1. The van der Waals surface area contributed by atoms with Gasteiger partial charge in [0.05, 0.1) is 24.9 Å². The molecule has 0 aromatic heterocycles. The molecule has 1 heterocycles. The highest BCUT2D eigenvalue weighted by Gasteiger charge is 2.49. The number of thioether (sulfide) groups is 1. The third kappa shape index (κ3) is 7.96. The number of aliphatic hydroxyl groups excluding tert-OH is 1. The molecule has 4 N–H and O–H groups in total. The molecular weight excluding hydrogens is 600 g/mol. The normalized spacial score (nSPS) is 16.4. The topological polar surface area (TPSA) is 162 Å². The number of benzene rings is 3. The number of halogens is 2. The van der Waals surface area contributed by atoms with Crippen LogP contribution in [0.1, 0.15) is 22.0 Å². The van der Waals surface area contributed by atoms with Gasteiger partial charge in [0.15, 0.2) is 12.4 Å². The minimum absolute atomic E-state index is 0.0267. The number of carbonyl (C=O) groups is 5. The van der Waals surface area contributed by atoms with Crippen LogP contribution < -0.4 is 20.3 Å². The zero-order valence-corrected chi connectivity index (χ0v) is 23.8. The largest absolute Gasteiger partial charge is 0.484 e. The van der Waals surface area contributed by atoms with Crippen LogP contribution in [0.15, 0.2) is 72.8 Å². The molecule has 3 atom stereocenters. The van der Waals surface area contributed by atoms with Crippen molar-refractivity contribution in [2.75, 3.05) is 30.4 Å². The van der Waals surface area contributed by atoms with E-state index in [0.29, 0.717) is 22.6 Å². The van der Waals surface area contributed by atoms with E-state index in [1.807, 2.05) is 5.32 Å². The number of carboxylic acid groups (broad SMARTS) is 1. The van der Waals surface area contributed by atoms with E-state index >= 15 is 0 Å². The summed E-state index contributed by atoms with van der Waals surface area (Å²) in [4.78, 5) is 62.1. The van der Waals surface area contributed by atoms with Gasteiger partial charge < -0.3 is 30.5 Å². The van der Waals surface area contributed by atoms with E-state index in [1.165, 1.54) is 53.4 Å². The second kappa shape index (κ2) is 14.6. The van der Waals surface area contributed by atoms with Gasteiger partial charge in [0.2, 0.25) is 11.8 Å². The van der Waals surface area contributed by atoms with Crippen LogP contribution in [0.25, 0.3) is 0 Å². The highest BCUT2D eigenvalue weighted by Crippen LogP contribution is 2.45. The van der Waals surface area contributed by atoms with Crippen molar-refractivity contribution >= 4 is 46.9 Å². The van der Waals surface area contributed by atoms with Gasteiger partial charge in [-0.1, -0.05) is 12.1 Å². The van der Waals surface area contributed by atoms with Crippen LogP contribution in [0.4, 0.5) is 14.5 Å². The number of anilines is 1. The van der Waals surface area contributed by atoms with E-state index < -0.39 is 66.5 Å². The van der Waals surface area contributed by atoms with Crippen molar-refractivity contribution in [1.82, 2.24) is 10.6 Å². The number of nitrogens with one attached hydrogen (secondary N) is 2. The van der Waals surface area contributed by atoms with Gasteiger partial charge in [-0.2, -0.15) is 0 Å². The van der Waals surface area contributed by atoms with Gasteiger partial charge in [0, 0.05) is 11.3 Å². The summed E-state index contributed by atoms with van der Waals surface area (Å²) in [5.41, 5.74) is 1.47. The SMILES string of the molecule is O=C(COc1ccc(C2C(SCC(=O)c3ccc(F)cc3)C(=O)N2c2ccc(F)cc2)cc1)NCC(=O)N[C@H](CO)C(=O)O. The molecule has 1 aliphatic heterocycles. The number of β-lactam (4-membered cyclic amide) rings is 1. The van der Waals surface area contributed by atoms with Crippen LogP contribution in [-0.2, 0) is 19.2 Å². The maximum absolute atomic E-state index is 13.6. The number of hydrogen-bond donors (Lipinski definition) is 4. The van der Waals surface area contributed by atoms with Crippen molar-refractivity contribution in [3.05, 3.63) is 95.6 Å². The molecule has 14 heteroatoms. The number of amides is 3. The van der Waals surface area contributed by atoms with Gasteiger partial charge in [-0.3, -0.25) is 19.2 Å². The van der Waals surface area contributed by atoms with Crippen molar-refractivity contribution in [1.29, 1.82) is 0 Å². The summed E-state index contributed by atoms with van der Waals surface area (Å²) in [6.07, 6.45) is 0. The predicted molar refractivity (Wildman–Crippen MR) is 155 cm³/mol. The van der Waals surface area contributed by atoms with Gasteiger partial charge in [0.1, 0.15) is 28.7 Å². The summed E-state index contributed by atoms with van der Waals surface area (Å²) in [6, 6.07) is 15.1. The predicted octanol–water partition coefficient (Wildman–Crippen LogP) is 2.09. The first kappa shape index (κ1) is 32.1. The van der Waals surface area contributed by atoms with E-state index in [4.69, 9.17) is 14.9 Å². The Morgan fingerprint density at radius 2 is 1.52 bits per heavy atom. The Kier molecular flexibility index (Phi) is 10.6. The second-order valence-electron chi connectivity index (χ2n) is 9.57. The van der Waals surface area contributed by atoms with Gasteiger partial charge in [-0.15, -0.1) is 11.8 Å². The number of aliphatic hydroxyl groups is 1. The molecule has 3 aromatic carbocycles. The number of ketones is 1.